The van der Waals surface area contributed by atoms with E-state index >= 15 is 0 Å². The summed E-state index contributed by atoms with van der Waals surface area (Å²) in [5.41, 5.74) is 6.65. The number of nitrogens with one attached hydrogen (secondary N) is 4. The van der Waals surface area contributed by atoms with Crippen molar-refractivity contribution in [3.05, 3.63) is 101 Å². The highest BCUT2D eigenvalue weighted by molar-refractivity contribution is 5.94. The Morgan fingerprint density at radius 1 is 0.978 bits per heavy atom. The van der Waals surface area contributed by atoms with Crippen molar-refractivity contribution in [1.82, 2.24) is 25.5 Å². The smallest absolute Gasteiger partial charge is 0.243 e. The molecular formula is C36H36N6O4. The SMILES string of the molecule is COc1ccc(CNC(=O)[C@@H](Cc2c[nH]c3ccccc23)NC(=O)CN2CC=C(c3c[nH]c4ccc(C#N)cc34)CC2)cc1OC. The molecule has 5 aromatic rings. The third-order valence-corrected chi connectivity index (χ3v) is 8.48. The number of aromatic nitrogens is 2. The molecule has 2 amide bonds. The molecule has 10 heteroatoms. The largest absolute Gasteiger partial charge is 0.493 e. The summed E-state index contributed by atoms with van der Waals surface area (Å²) in [4.78, 5) is 35.6. The van der Waals surface area contributed by atoms with Gasteiger partial charge in [0.05, 0.1) is 32.4 Å². The lowest BCUT2D eigenvalue weighted by Gasteiger charge is -2.27. The average Bonchev–Trinajstić information content (AvgIpc) is 3.71. The van der Waals surface area contributed by atoms with Crippen molar-refractivity contribution in [2.45, 2.75) is 25.4 Å². The number of hydrogen-bond acceptors (Lipinski definition) is 6. The number of fused-ring (bicyclic) bond motifs is 2. The van der Waals surface area contributed by atoms with Crippen LogP contribution in [0.3, 0.4) is 0 Å². The van der Waals surface area contributed by atoms with Gasteiger partial charge in [-0.05, 0) is 59.5 Å². The van der Waals surface area contributed by atoms with E-state index in [2.05, 4.69) is 37.6 Å². The highest BCUT2D eigenvalue weighted by Gasteiger charge is 2.25. The number of H-pyrrole nitrogens is 2. The van der Waals surface area contributed by atoms with E-state index in [-0.39, 0.29) is 24.9 Å². The second kappa shape index (κ2) is 13.6. The quantitative estimate of drug-likeness (QED) is 0.170. The molecule has 3 aromatic carbocycles. The van der Waals surface area contributed by atoms with E-state index in [4.69, 9.17) is 9.47 Å². The van der Waals surface area contributed by atoms with E-state index in [1.54, 1.807) is 26.4 Å². The van der Waals surface area contributed by atoms with Crippen LogP contribution in [-0.2, 0) is 22.6 Å². The molecule has 234 valence electrons. The van der Waals surface area contributed by atoms with Gasteiger partial charge in [0, 0.05) is 65.8 Å². The molecule has 0 spiro atoms. The first-order chi connectivity index (χ1) is 22.4. The number of nitriles is 1. The number of para-hydroxylation sites is 1. The minimum Gasteiger partial charge on any atom is -0.493 e. The Balaban J connectivity index is 1.13. The number of carbonyl (C=O) groups excluding carboxylic acids is 2. The highest BCUT2D eigenvalue weighted by atomic mass is 16.5. The first-order valence-corrected chi connectivity index (χ1v) is 15.2. The molecule has 46 heavy (non-hydrogen) atoms. The lowest BCUT2D eigenvalue weighted by Crippen LogP contribution is -2.50. The first kappa shape index (κ1) is 30.5. The molecule has 4 N–H and O–H groups in total. The van der Waals surface area contributed by atoms with Crippen molar-refractivity contribution in [2.24, 2.45) is 0 Å². The van der Waals surface area contributed by atoms with Crippen LogP contribution in [0.1, 0.15) is 28.7 Å². The summed E-state index contributed by atoms with van der Waals surface area (Å²) in [5.74, 6) is 0.698. The van der Waals surface area contributed by atoms with Crippen LogP contribution in [0.5, 0.6) is 11.5 Å². The van der Waals surface area contributed by atoms with E-state index < -0.39 is 6.04 Å². The van der Waals surface area contributed by atoms with Gasteiger partial charge < -0.3 is 30.1 Å². The molecule has 3 heterocycles. The van der Waals surface area contributed by atoms with E-state index in [1.807, 2.05) is 60.9 Å². The molecule has 0 saturated heterocycles. The maximum absolute atomic E-state index is 13.6. The van der Waals surface area contributed by atoms with E-state index in [1.165, 1.54) is 5.57 Å². The number of aromatic amines is 2. The van der Waals surface area contributed by atoms with E-state index in [9.17, 15) is 14.9 Å². The molecule has 0 aliphatic carbocycles. The van der Waals surface area contributed by atoms with Gasteiger partial charge in [0.2, 0.25) is 11.8 Å². The van der Waals surface area contributed by atoms with Gasteiger partial charge in [-0.2, -0.15) is 5.26 Å². The Morgan fingerprint density at radius 3 is 2.57 bits per heavy atom. The molecule has 2 aromatic heterocycles. The Labute approximate surface area is 267 Å². The molecule has 1 atom stereocenters. The average molecular weight is 617 g/mol. The number of hydrogen-bond donors (Lipinski definition) is 4. The second-order valence-electron chi connectivity index (χ2n) is 11.4. The predicted octanol–water partition coefficient (Wildman–Crippen LogP) is 4.67. The van der Waals surface area contributed by atoms with Gasteiger partial charge in [0.25, 0.3) is 0 Å². The second-order valence-corrected chi connectivity index (χ2v) is 11.4. The van der Waals surface area contributed by atoms with Gasteiger partial charge >= 0.3 is 0 Å². The summed E-state index contributed by atoms with van der Waals surface area (Å²) in [6.07, 6.45) is 7.12. The van der Waals surface area contributed by atoms with E-state index in [0.717, 1.165) is 44.9 Å². The van der Waals surface area contributed by atoms with Crippen LogP contribution in [0, 0.1) is 11.3 Å². The fourth-order valence-electron chi connectivity index (χ4n) is 6.03. The predicted molar refractivity (Wildman–Crippen MR) is 177 cm³/mol. The minimum atomic E-state index is -0.775. The standard InChI is InChI=1S/C36H36N6O4/c1-45-33-10-8-24(16-34(33)46-2)19-40-36(44)32(17-26-20-38-30-6-4-3-5-27(26)30)41-35(43)22-42-13-11-25(12-14-42)29-21-39-31-9-7-23(18-37)15-28(29)31/h3-11,15-16,20-21,32,38-39H,12-14,17,19,22H2,1-2H3,(H,40,44)(H,41,43)/t32-/m1/s1. The number of benzene rings is 3. The molecule has 10 nitrogen and oxygen atoms in total. The van der Waals surface area contributed by atoms with Crippen molar-refractivity contribution in [3.8, 4) is 17.6 Å². The summed E-state index contributed by atoms with van der Waals surface area (Å²) < 4.78 is 10.7. The lowest BCUT2D eigenvalue weighted by molar-refractivity contribution is -0.129. The number of methoxy groups -OCH3 is 2. The molecule has 1 aliphatic heterocycles. The molecular weight excluding hydrogens is 580 g/mol. The van der Waals surface area contributed by atoms with Crippen molar-refractivity contribution in [2.75, 3.05) is 33.9 Å². The van der Waals surface area contributed by atoms with Crippen LogP contribution in [0.25, 0.3) is 27.4 Å². The molecule has 6 rings (SSSR count). The number of amides is 2. The van der Waals surface area contributed by atoms with Crippen LogP contribution in [0.15, 0.2) is 79.1 Å². The highest BCUT2D eigenvalue weighted by Crippen LogP contribution is 2.30. The maximum atomic E-state index is 13.6. The third-order valence-electron chi connectivity index (χ3n) is 8.48. The van der Waals surface area contributed by atoms with Crippen molar-refractivity contribution >= 4 is 39.2 Å². The topological polar surface area (TPSA) is 135 Å². The monoisotopic (exact) mass is 616 g/mol. The van der Waals surface area contributed by atoms with Crippen LogP contribution >= 0.6 is 0 Å². The number of nitrogens with zero attached hydrogens (tertiary/aromatic N) is 2. The maximum Gasteiger partial charge on any atom is 0.243 e. The molecule has 0 fully saturated rings. The molecule has 0 saturated carbocycles. The zero-order valence-electron chi connectivity index (χ0n) is 25.9. The summed E-state index contributed by atoms with van der Waals surface area (Å²) in [6, 6.07) is 20.5. The fraction of sp³-hybridized carbons (Fsp3) is 0.250. The Morgan fingerprint density at radius 2 is 1.78 bits per heavy atom. The number of carbonyl (C=O) groups is 2. The van der Waals surface area contributed by atoms with Crippen molar-refractivity contribution in [1.29, 1.82) is 5.26 Å². The summed E-state index contributed by atoms with van der Waals surface area (Å²) in [6.45, 7) is 1.74. The molecule has 1 aliphatic rings. The summed E-state index contributed by atoms with van der Waals surface area (Å²) >= 11 is 0. The molecule has 0 radical (unpaired) electrons. The third kappa shape index (κ3) is 6.60. The van der Waals surface area contributed by atoms with E-state index in [0.29, 0.717) is 36.6 Å². The van der Waals surface area contributed by atoms with Gasteiger partial charge in [-0.15, -0.1) is 0 Å². The zero-order chi connectivity index (χ0) is 32.0. The number of rotatable bonds is 11. The van der Waals surface area contributed by atoms with Crippen LogP contribution in [0.2, 0.25) is 0 Å². The van der Waals surface area contributed by atoms with Crippen LogP contribution in [0.4, 0.5) is 0 Å². The van der Waals surface area contributed by atoms with Crippen LogP contribution in [-0.4, -0.2) is 66.6 Å². The summed E-state index contributed by atoms with van der Waals surface area (Å²) in [7, 11) is 3.14. The fourth-order valence-corrected chi connectivity index (χ4v) is 6.03. The Hall–Kier alpha value is -5.53. The first-order valence-electron chi connectivity index (χ1n) is 15.2. The molecule has 0 bridgehead atoms. The minimum absolute atomic E-state index is 0.170. The normalized spacial score (nSPS) is 14.0. The van der Waals surface area contributed by atoms with Gasteiger partial charge in [-0.1, -0.05) is 30.3 Å². The van der Waals surface area contributed by atoms with Gasteiger partial charge in [0.15, 0.2) is 11.5 Å². The van der Waals surface area contributed by atoms with Crippen molar-refractivity contribution < 1.29 is 19.1 Å². The Bertz CT molecular complexity index is 1970. The zero-order valence-corrected chi connectivity index (χ0v) is 25.9. The lowest BCUT2D eigenvalue weighted by atomic mass is 9.98. The van der Waals surface area contributed by atoms with Crippen molar-refractivity contribution in [3.63, 3.8) is 0 Å². The Kier molecular flexibility index (Phi) is 9.03. The molecule has 0 unspecified atom stereocenters. The number of ether oxygens (including phenoxy) is 2. The summed E-state index contributed by atoms with van der Waals surface area (Å²) in [5, 5.41) is 17.4. The van der Waals surface area contributed by atoms with Gasteiger partial charge in [-0.25, -0.2) is 0 Å². The van der Waals surface area contributed by atoms with Crippen LogP contribution < -0.4 is 20.1 Å². The van der Waals surface area contributed by atoms with Gasteiger partial charge in [0.1, 0.15) is 6.04 Å². The van der Waals surface area contributed by atoms with Gasteiger partial charge in [-0.3, -0.25) is 14.5 Å².